The second kappa shape index (κ2) is 15.6. The van der Waals surface area contributed by atoms with E-state index < -0.39 is 0 Å². The van der Waals surface area contributed by atoms with E-state index in [9.17, 15) is 4.79 Å². The number of hydrogen-bond donors (Lipinski definition) is 1. The summed E-state index contributed by atoms with van der Waals surface area (Å²) < 4.78 is 0. The Bertz CT molecular complexity index is 47.7. The van der Waals surface area contributed by atoms with Crippen LogP contribution in [0.3, 0.4) is 0 Å². The Hall–Kier alpha value is 0.730. The predicted molar refractivity (Wildman–Crippen MR) is 31.1 cm³/mol. The van der Waals surface area contributed by atoms with Crippen LogP contribution in [-0.4, -0.2) is 13.0 Å². The van der Waals surface area contributed by atoms with Gasteiger partial charge < -0.3 is 5.32 Å². The van der Waals surface area contributed by atoms with E-state index in [-0.39, 0.29) is 43.6 Å². The number of carbonyl (C=O) groups is 1. The van der Waals surface area contributed by atoms with Gasteiger partial charge in [-0.25, -0.2) is 0 Å². The molecule has 1 amide bonds. The van der Waals surface area contributed by atoms with Gasteiger partial charge in [-0.15, -0.1) is 0 Å². The van der Waals surface area contributed by atoms with Crippen molar-refractivity contribution in [3.8, 4) is 0 Å². The number of amides is 1. The first kappa shape index (κ1) is 15.9. The Kier molecular flexibility index (Phi) is 31.1. The van der Waals surface area contributed by atoms with Crippen molar-refractivity contribution in [2.45, 2.75) is 20.8 Å². The van der Waals surface area contributed by atoms with E-state index in [4.69, 9.17) is 0 Å². The second-order valence-corrected chi connectivity index (χ2v) is 0.806. The quantitative estimate of drug-likeness (QED) is 0.533. The third kappa shape index (κ3) is 29.7. The first-order chi connectivity index (χ1) is 3.27. The van der Waals surface area contributed by atoms with Crippen molar-refractivity contribution in [2.24, 2.45) is 0 Å². The molecule has 0 aliphatic rings. The summed E-state index contributed by atoms with van der Waals surface area (Å²) in [5.41, 5.74) is 0. The molecule has 1 N–H and O–H groups in total. The van der Waals surface area contributed by atoms with Crippen LogP contribution < -0.4 is 5.32 Å². The smallest absolute Gasteiger partial charge is 0.216 e. The molecule has 52 valence electrons. The van der Waals surface area contributed by atoms with E-state index in [1.54, 1.807) is 7.05 Å². The van der Waals surface area contributed by atoms with Crippen molar-refractivity contribution < 1.29 is 42.5 Å². The normalized spacial score (nSPS) is 5.00. The van der Waals surface area contributed by atoms with Crippen LogP contribution in [0, 0.1) is 37.7 Å². The molecule has 3 heteroatoms. The molecule has 0 aliphatic carbocycles. The van der Waals surface area contributed by atoms with Gasteiger partial charge >= 0.3 is 0 Å². The molecule has 0 bridgehead atoms. The summed E-state index contributed by atoms with van der Waals surface area (Å²) in [6, 6.07) is 0. The average molecular weight is 143 g/mol. The second-order valence-electron chi connectivity index (χ2n) is 0.806. The van der Waals surface area contributed by atoms with Gasteiger partial charge in [0.25, 0.3) is 0 Å². The van der Waals surface area contributed by atoms with E-state index in [0.717, 1.165) is 0 Å². The Labute approximate surface area is 81.0 Å². The van der Waals surface area contributed by atoms with E-state index in [2.05, 4.69) is 5.32 Å². The maximum Gasteiger partial charge on any atom is 0.216 e. The van der Waals surface area contributed by atoms with Crippen LogP contribution in [0.2, 0.25) is 0 Å². The van der Waals surface area contributed by atoms with Crippen molar-refractivity contribution in [3.05, 3.63) is 0 Å². The Balaban J connectivity index is -0.0000000750. The number of hydrogen-bond acceptors (Lipinski definition) is 1. The summed E-state index contributed by atoms with van der Waals surface area (Å²) in [7, 11) is 1.60. The molecular weight excluding hydrogens is 130 g/mol. The van der Waals surface area contributed by atoms with Crippen LogP contribution in [0.15, 0.2) is 0 Å². The van der Waals surface area contributed by atoms with Gasteiger partial charge in [0.15, 0.2) is 0 Å². The first-order valence-corrected chi connectivity index (χ1v) is 2.45. The molecule has 0 aromatic rings. The molecule has 0 aromatic heterocycles. The fraction of sp³-hybridized carbons (Fsp3) is 0.800. The predicted octanol–water partition coefficient (Wildman–Crippen LogP) is 0.778. The molecule has 8 heavy (non-hydrogen) atoms. The Morgan fingerprint density at radius 3 is 1.50 bits per heavy atom. The van der Waals surface area contributed by atoms with E-state index in [1.807, 2.05) is 13.8 Å². The minimum Gasteiger partial charge on any atom is -0.359 e. The van der Waals surface area contributed by atoms with Gasteiger partial charge in [-0.3, -0.25) is 4.79 Å². The summed E-state index contributed by atoms with van der Waals surface area (Å²) in [5, 5.41) is 2.39. The summed E-state index contributed by atoms with van der Waals surface area (Å²) in [6.07, 6.45) is 0. The topological polar surface area (TPSA) is 29.1 Å². The summed E-state index contributed by atoms with van der Waals surface area (Å²) in [4.78, 5) is 9.70. The summed E-state index contributed by atoms with van der Waals surface area (Å²) in [5.74, 6) is 0.00463. The molecule has 2 nitrogen and oxygen atoms in total. The van der Waals surface area contributed by atoms with Crippen LogP contribution in [0.4, 0.5) is 0 Å². The molecular formula is C5H13ArNO. The zero-order chi connectivity index (χ0) is 6.28. The van der Waals surface area contributed by atoms with Gasteiger partial charge in [0.05, 0.1) is 0 Å². The standard InChI is InChI=1S/C3H7NO.C2H6.Ar/c1-3(5)4-2;1-2;/h1-2H3,(H,4,5);1-2H3;. The fourth-order valence-electron chi connectivity index (χ4n) is 0. The van der Waals surface area contributed by atoms with E-state index >= 15 is 0 Å². The summed E-state index contributed by atoms with van der Waals surface area (Å²) >= 11 is 0. The van der Waals surface area contributed by atoms with Crippen molar-refractivity contribution >= 4 is 5.91 Å². The van der Waals surface area contributed by atoms with Crippen molar-refractivity contribution in [3.63, 3.8) is 0 Å². The van der Waals surface area contributed by atoms with Gasteiger partial charge in [0.1, 0.15) is 0 Å². The van der Waals surface area contributed by atoms with Crippen LogP contribution in [0.1, 0.15) is 20.8 Å². The largest absolute Gasteiger partial charge is 0.359 e. The van der Waals surface area contributed by atoms with Crippen LogP contribution in [-0.2, 0) is 4.79 Å². The van der Waals surface area contributed by atoms with Crippen molar-refractivity contribution in [1.29, 1.82) is 0 Å². The number of rotatable bonds is 0. The maximum absolute atomic E-state index is 9.70. The molecule has 0 fully saturated rings. The van der Waals surface area contributed by atoms with Crippen LogP contribution >= 0.6 is 0 Å². The SMILES string of the molecule is CC.CNC(C)=O.[Ar]. The zero-order valence-corrected chi connectivity index (χ0v) is 6.47. The third-order valence-corrected chi connectivity index (χ3v) is 0.352. The Morgan fingerprint density at radius 2 is 1.50 bits per heavy atom. The molecule has 0 unspecified atom stereocenters. The minimum atomic E-state index is 0. The molecule has 0 spiro atoms. The van der Waals surface area contributed by atoms with Gasteiger partial charge in [0.2, 0.25) is 5.91 Å². The van der Waals surface area contributed by atoms with Crippen molar-refractivity contribution in [1.82, 2.24) is 5.32 Å². The van der Waals surface area contributed by atoms with E-state index in [1.165, 1.54) is 6.92 Å². The molecule has 0 aromatic carbocycles. The molecule has 0 saturated heterocycles. The van der Waals surface area contributed by atoms with Gasteiger partial charge in [-0.1, -0.05) is 13.8 Å². The Morgan fingerprint density at radius 1 is 1.38 bits per heavy atom. The molecule has 0 atom stereocenters. The number of nitrogens with one attached hydrogen (secondary N) is 1. The van der Waals surface area contributed by atoms with Crippen LogP contribution in [0.25, 0.3) is 0 Å². The van der Waals surface area contributed by atoms with Gasteiger partial charge in [0, 0.05) is 51.7 Å². The molecule has 0 rings (SSSR count). The van der Waals surface area contributed by atoms with E-state index in [0.29, 0.717) is 0 Å². The fourth-order valence-corrected chi connectivity index (χ4v) is 0. The molecule has 0 aliphatic heterocycles. The average Bonchev–Trinajstić information content (AvgIpc) is 1.73. The molecule has 0 saturated carbocycles. The van der Waals surface area contributed by atoms with Crippen LogP contribution in [0.5, 0.6) is 0 Å². The first-order valence-electron chi connectivity index (χ1n) is 2.45. The van der Waals surface area contributed by atoms with Crippen molar-refractivity contribution in [2.75, 3.05) is 7.05 Å². The molecule has 0 heterocycles. The number of carbonyl (C=O) groups excluding carboxylic acids is 1. The molecule has 0 radical (unpaired) electrons. The summed E-state index contributed by atoms with van der Waals surface area (Å²) in [6.45, 7) is 5.47. The zero-order valence-electron chi connectivity index (χ0n) is 5.76. The third-order valence-electron chi connectivity index (χ3n) is 0.352. The van der Waals surface area contributed by atoms with Gasteiger partial charge in [-0.05, 0) is 0 Å². The van der Waals surface area contributed by atoms with Gasteiger partial charge in [-0.2, -0.15) is 0 Å². The monoisotopic (exact) mass is 143 g/mol. The maximum atomic E-state index is 9.70. The minimum absolute atomic E-state index is 0.